The van der Waals surface area contributed by atoms with E-state index >= 15 is 0 Å². The molecule has 7 nitrogen and oxygen atoms in total. The summed E-state index contributed by atoms with van der Waals surface area (Å²) in [6.45, 7) is 4.35. The molecule has 0 amide bonds. The van der Waals surface area contributed by atoms with E-state index in [4.69, 9.17) is 9.47 Å². The normalized spacial score (nSPS) is 15.2. The van der Waals surface area contributed by atoms with Crippen LogP contribution in [0.2, 0.25) is 0 Å². The van der Waals surface area contributed by atoms with Crippen LogP contribution in [-0.2, 0) is 17.9 Å². The fourth-order valence-electron chi connectivity index (χ4n) is 4.47. The molecule has 1 aliphatic rings. The van der Waals surface area contributed by atoms with E-state index in [1.807, 2.05) is 42.8 Å². The Morgan fingerprint density at radius 1 is 1.17 bits per heavy atom. The Balaban J connectivity index is 1.38. The van der Waals surface area contributed by atoms with Crippen LogP contribution in [0.3, 0.4) is 0 Å². The molecule has 0 radical (unpaired) electrons. The lowest BCUT2D eigenvalue weighted by atomic mass is 10.1. The minimum atomic E-state index is -0.577. The van der Waals surface area contributed by atoms with Gasteiger partial charge >= 0.3 is 0 Å². The Hall–Kier alpha value is -3.82. The van der Waals surface area contributed by atoms with Crippen molar-refractivity contribution in [3.63, 3.8) is 0 Å². The molecular formula is C26H21FN4O3S. The third kappa shape index (κ3) is 3.92. The van der Waals surface area contributed by atoms with Crippen LogP contribution in [0.4, 0.5) is 4.39 Å². The van der Waals surface area contributed by atoms with Gasteiger partial charge in [-0.2, -0.15) is 16.4 Å². The summed E-state index contributed by atoms with van der Waals surface area (Å²) in [6.07, 6.45) is 2.42. The quantitative estimate of drug-likeness (QED) is 0.354. The zero-order valence-corrected chi connectivity index (χ0v) is 19.9. The maximum Gasteiger partial charge on any atom is 0.264 e. The van der Waals surface area contributed by atoms with Crippen molar-refractivity contribution in [2.75, 3.05) is 0 Å². The van der Waals surface area contributed by atoms with Crippen molar-refractivity contribution in [3.05, 3.63) is 104 Å². The van der Waals surface area contributed by atoms with Crippen molar-refractivity contribution in [2.24, 2.45) is 0 Å². The summed E-state index contributed by atoms with van der Waals surface area (Å²) in [7, 11) is 0. The predicted octanol–water partition coefficient (Wildman–Crippen LogP) is 5.06. The van der Waals surface area contributed by atoms with Gasteiger partial charge in [0.1, 0.15) is 23.3 Å². The zero-order valence-electron chi connectivity index (χ0n) is 19.1. The second-order valence-corrected chi connectivity index (χ2v) is 9.47. The number of nitrogens with zero attached hydrogens (tertiary/aromatic N) is 4. The summed E-state index contributed by atoms with van der Waals surface area (Å²) in [5.41, 5.74) is 5.30. The SMILES string of the molecule is Cc1cc(C)cc(-n2ncc3c(=O)n(Cc4cc(F)cc5c4O[C@H](c4ccsc4)OC5)cnc32)c1. The summed E-state index contributed by atoms with van der Waals surface area (Å²) in [5, 5.41) is 8.71. The summed E-state index contributed by atoms with van der Waals surface area (Å²) in [4.78, 5) is 17.9. The fraction of sp³-hybridized carbons (Fsp3) is 0.192. The number of hydrogen-bond acceptors (Lipinski definition) is 6. The smallest absolute Gasteiger partial charge is 0.264 e. The minimum Gasteiger partial charge on any atom is -0.460 e. The molecule has 0 fully saturated rings. The van der Waals surface area contributed by atoms with Crippen LogP contribution < -0.4 is 10.3 Å². The summed E-state index contributed by atoms with van der Waals surface area (Å²) < 4.78 is 29.4. The molecule has 6 rings (SSSR count). The van der Waals surface area contributed by atoms with Crippen molar-refractivity contribution in [3.8, 4) is 11.4 Å². The first-order valence-electron chi connectivity index (χ1n) is 11.1. The van der Waals surface area contributed by atoms with Crippen molar-refractivity contribution >= 4 is 22.4 Å². The lowest BCUT2D eigenvalue weighted by Crippen LogP contribution is -2.23. The van der Waals surface area contributed by atoms with Gasteiger partial charge in [-0.1, -0.05) is 6.07 Å². The van der Waals surface area contributed by atoms with Gasteiger partial charge in [-0.3, -0.25) is 9.36 Å². The number of halogens is 1. The number of ether oxygens (including phenoxy) is 2. The van der Waals surface area contributed by atoms with Gasteiger partial charge in [0, 0.05) is 22.1 Å². The van der Waals surface area contributed by atoms with Gasteiger partial charge in [0.25, 0.3) is 5.56 Å². The van der Waals surface area contributed by atoms with E-state index in [9.17, 15) is 9.18 Å². The second kappa shape index (κ2) is 8.44. The minimum absolute atomic E-state index is 0.104. The van der Waals surface area contributed by atoms with E-state index in [0.717, 1.165) is 22.4 Å². The standard InChI is InChI=1S/C26H21FN4O3S/c1-15-5-16(2)7-21(6-15)31-24-22(10-29-31)25(32)30(14-28-24)11-18-8-20(27)9-19-12-33-26(34-23(18)19)17-3-4-35-13-17/h3-10,13-14,26H,11-12H2,1-2H3/t26-/m1/s1. The Bertz CT molecular complexity index is 1600. The highest BCUT2D eigenvalue weighted by Crippen LogP contribution is 2.37. The number of aromatic nitrogens is 4. The highest BCUT2D eigenvalue weighted by atomic mass is 32.1. The molecule has 4 heterocycles. The summed E-state index contributed by atoms with van der Waals surface area (Å²) >= 11 is 1.55. The lowest BCUT2D eigenvalue weighted by molar-refractivity contribution is -0.111. The first kappa shape index (κ1) is 21.7. The van der Waals surface area contributed by atoms with Gasteiger partial charge in [0.15, 0.2) is 5.65 Å². The molecule has 0 N–H and O–H groups in total. The summed E-state index contributed by atoms with van der Waals surface area (Å²) in [5.74, 6) is 0.122. The van der Waals surface area contributed by atoms with Crippen LogP contribution >= 0.6 is 11.3 Å². The fourth-order valence-corrected chi connectivity index (χ4v) is 5.14. The summed E-state index contributed by atoms with van der Waals surface area (Å²) in [6, 6.07) is 10.8. The van der Waals surface area contributed by atoms with Crippen molar-refractivity contribution < 1.29 is 13.9 Å². The highest BCUT2D eigenvalue weighted by molar-refractivity contribution is 7.07. The Kier molecular flexibility index (Phi) is 5.23. The maximum absolute atomic E-state index is 14.4. The van der Waals surface area contributed by atoms with Crippen LogP contribution in [-0.4, -0.2) is 19.3 Å². The second-order valence-electron chi connectivity index (χ2n) is 8.69. The molecule has 0 unspecified atom stereocenters. The monoisotopic (exact) mass is 488 g/mol. The number of rotatable bonds is 4. The van der Waals surface area contributed by atoms with E-state index in [1.54, 1.807) is 16.0 Å². The lowest BCUT2D eigenvalue weighted by Gasteiger charge is -2.28. The van der Waals surface area contributed by atoms with E-state index in [-0.39, 0.29) is 18.7 Å². The molecule has 2 aromatic carbocycles. The van der Waals surface area contributed by atoms with Crippen LogP contribution in [0.15, 0.2) is 64.5 Å². The average Bonchev–Trinajstić information content (AvgIpc) is 3.50. The Morgan fingerprint density at radius 2 is 2.00 bits per heavy atom. The van der Waals surface area contributed by atoms with Gasteiger partial charge in [-0.15, -0.1) is 0 Å². The van der Waals surface area contributed by atoms with E-state index < -0.39 is 12.1 Å². The molecule has 176 valence electrons. The van der Waals surface area contributed by atoms with Crippen LogP contribution in [0, 0.1) is 19.7 Å². The van der Waals surface area contributed by atoms with Crippen molar-refractivity contribution in [1.82, 2.24) is 19.3 Å². The molecule has 5 aromatic rings. The molecule has 1 atom stereocenters. The van der Waals surface area contributed by atoms with E-state index in [1.165, 1.54) is 29.2 Å². The molecule has 35 heavy (non-hydrogen) atoms. The van der Waals surface area contributed by atoms with Crippen LogP contribution in [0.5, 0.6) is 5.75 Å². The van der Waals surface area contributed by atoms with Gasteiger partial charge < -0.3 is 9.47 Å². The number of aryl methyl sites for hydroxylation is 2. The van der Waals surface area contributed by atoms with Gasteiger partial charge in [-0.25, -0.2) is 14.1 Å². The molecule has 0 saturated heterocycles. The largest absolute Gasteiger partial charge is 0.460 e. The molecule has 0 spiro atoms. The van der Waals surface area contributed by atoms with Crippen molar-refractivity contribution in [2.45, 2.75) is 33.3 Å². The third-order valence-electron chi connectivity index (χ3n) is 5.98. The Labute approximate surface area is 204 Å². The van der Waals surface area contributed by atoms with Crippen LogP contribution in [0.1, 0.15) is 34.1 Å². The molecule has 9 heteroatoms. The molecule has 3 aromatic heterocycles. The maximum atomic E-state index is 14.4. The van der Waals surface area contributed by atoms with Gasteiger partial charge in [0.05, 0.1) is 25.0 Å². The zero-order chi connectivity index (χ0) is 24.1. The average molecular weight is 489 g/mol. The van der Waals surface area contributed by atoms with E-state index in [2.05, 4.69) is 16.1 Å². The number of benzene rings is 2. The topological polar surface area (TPSA) is 71.2 Å². The predicted molar refractivity (Wildman–Crippen MR) is 131 cm³/mol. The number of thiophene rings is 1. The molecule has 0 aliphatic carbocycles. The molecule has 0 saturated carbocycles. The first-order chi connectivity index (χ1) is 17.0. The molecule has 1 aliphatic heterocycles. The number of fused-ring (bicyclic) bond motifs is 2. The highest BCUT2D eigenvalue weighted by Gasteiger charge is 2.26. The number of hydrogen-bond donors (Lipinski definition) is 0. The molecule has 0 bridgehead atoms. The first-order valence-corrected chi connectivity index (χ1v) is 12.0. The van der Waals surface area contributed by atoms with Crippen LogP contribution in [0.25, 0.3) is 16.7 Å². The molecular weight excluding hydrogens is 467 g/mol. The Morgan fingerprint density at radius 3 is 2.77 bits per heavy atom. The van der Waals surface area contributed by atoms with E-state index in [0.29, 0.717) is 27.9 Å². The van der Waals surface area contributed by atoms with Gasteiger partial charge in [-0.05, 0) is 60.7 Å². The van der Waals surface area contributed by atoms with Crippen molar-refractivity contribution in [1.29, 1.82) is 0 Å². The third-order valence-corrected chi connectivity index (χ3v) is 6.69. The van der Waals surface area contributed by atoms with Gasteiger partial charge in [0.2, 0.25) is 6.29 Å².